The van der Waals surface area contributed by atoms with Gasteiger partial charge in [-0.2, -0.15) is 0 Å². The highest BCUT2D eigenvalue weighted by molar-refractivity contribution is 6.63. The van der Waals surface area contributed by atoms with E-state index in [1.807, 2.05) is 45.6 Å². The molecule has 3 heterocycles. The summed E-state index contributed by atoms with van der Waals surface area (Å²) in [5.74, 6) is 0.459. The Morgan fingerprint density at radius 3 is 2.46 bits per heavy atom. The van der Waals surface area contributed by atoms with E-state index in [1.165, 1.54) is 0 Å². The third kappa shape index (κ3) is 2.49. The second kappa shape index (κ2) is 5.63. The summed E-state index contributed by atoms with van der Waals surface area (Å²) in [6.45, 7) is 12.6. The predicted octanol–water partition coefficient (Wildman–Crippen LogP) is 2.94. The van der Waals surface area contributed by atoms with Crippen molar-refractivity contribution in [2.24, 2.45) is 0 Å². The van der Waals surface area contributed by atoms with Gasteiger partial charge in [-0.3, -0.25) is 4.79 Å². The molecular formula is C19H25BClNO4. The first-order valence-corrected chi connectivity index (χ1v) is 9.56. The minimum Gasteiger partial charge on any atom is -0.486 e. The van der Waals surface area contributed by atoms with Gasteiger partial charge in [-0.05, 0) is 58.6 Å². The lowest BCUT2D eigenvalue weighted by atomic mass is 9.75. The van der Waals surface area contributed by atoms with Crippen molar-refractivity contribution < 1.29 is 18.8 Å². The Labute approximate surface area is 160 Å². The number of fused-ring (bicyclic) bond motifs is 3. The minimum absolute atomic E-state index is 0.00482. The molecule has 1 unspecified atom stereocenters. The van der Waals surface area contributed by atoms with Crippen LogP contribution < -0.4 is 10.2 Å². The van der Waals surface area contributed by atoms with Crippen molar-refractivity contribution in [3.8, 4) is 5.75 Å². The van der Waals surface area contributed by atoms with E-state index in [1.54, 1.807) is 0 Å². The van der Waals surface area contributed by atoms with Gasteiger partial charge in [-0.1, -0.05) is 11.6 Å². The van der Waals surface area contributed by atoms with Crippen molar-refractivity contribution in [1.29, 1.82) is 0 Å². The van der Waals surface area contributed by atoms with Crippen molar-refractivity contribution in [2.45, 2.75) is 71.3 Å². The van der Waals surface area contributed by atoms with Gasteiger partial charge in [0.25, 0.3) is 5.91 Å². The van der Waals surface area contributed by atoms with Gasteiger partial charge in [0, 0.05) is 12.5 Å². The molecule has 2 saturated heterocycles. The molecule has 2 bridgehead atoms. The normalized spacial score (nSPS) is 28.8. The lowest BCUT2D eigenvalue weighted by Gasteiger charge is -2.32. The van der Waals surface area contributed by atoms with Crippen molar-refractivity contribution in [3.63, 3.8) is 0 Å². The van der Waals surface area contributed by atoms with Crippen LogP contribution in [0, 0.1) is 6.92 Å². The summed E-state index contributed by atoms with van der Waals surface area (Å²) >= 11 is 6.64. The van der Waals surface area contributed by atoms with Crippen molar-refractivity contribution >= 4 is 30.1 Å². The van der Waals surface area contributed by atoms with Gasteiger partial charge in [-0.15, -0.1) is 0 Å². The molecule has 2 fully saturated rings. The molecule has 0 aromatic heterocycles. The SMILES string of the molecule is Cc1c(B2OC(C)(C)C(C)(C)O2)cc2c(c1Cl)OC1C[C@H](C)N(C1)C2=O. The van der Waals surface area contributed by atoms with E-state index in [2.05, 4.69) is 6.92 Å². The molecule has 0 spiro atoms. The van der Waals surface area contributed by atoms with Crippen LogP contribution in [-0.2, 0) is 9.31 Å². The molecule has 1 aromatic carbocycles. The van der Waals surface area contributed by atoms with Crippen LogP contribution >= 0.6 is 11.6 Å². The van der Waals surface area contributed by atoms with Gasteiger partial charge in [-0.25, -0.2) is 0 Å². The molecule has 3 aliphatic heterocycles. The van der Waals surface area contributed by atoms with Gasteiger partial charge in [0.05, 0.1) is 28.3 Å². The Morgan fingerprint density at radius 1 is 1.23 bits per heavy atom. The molecule has 0 aliphatic carbocycles. The number of rotatable bonds is 1. The van der Waals surface area contributed by atoms with Crippen molar-refractivity contribution in [1.82, 2.24) is 4.90 Å². The van der Waals surface area contributed by atoms with Crippen LogP contribution in [-0.4, -0.2) is 47.8 Å². The first-order valence-electron chi connectivity index (χ1n) is 9.18. The number of nitrogens with zero attached hydrogens (tertiary/aromatic N) is 1. The molecular weight excluding hydrogens is 352 g/mol. The fraction of sp³-hybridized carbons (Fsp3) is 0.632. The molecule has 2 atom stereocenters. The number of carbonyl (C=O) groups is 1. The number of hydrogen-bond acceptors (Lipinski definition) is 4. The Morgan fingerprint density at radius 2 is 1.85 bits per heavy atom. The topological polar surface area (TPSA) is 48.0 Å². The first kappa shape index (κ1) is 18.1. The number of hydrogen-bond donors (Lipinski definition) is 0. The molecule has 3 aliphatic rings. The van der Waals surface area contributed by atoms with Crippen molar-refractivity contribution in [2.75, 3.05) is 6.54 Å². The maximum atomic E-state index is 13.1. The molecule has 0 saturated carbocycles. The first-order chi connectivity index (χ1) is 12.0. The number of halogens is 1. The molecule has 1 aromatic rings. The molecule has 1 amide bonds. The predicted molar refractivity (Wildman–Crippen MR) is 101 cm³/mol. The van der Waals surface area contributed by atoms with E-state index >= 15 is 0 Å². The average molecular weight is 378 g/mol. The van der Waals surface area contributed by atoms with Gasteiger partial charge >= 0.3 is 7.12 Å². The highest BCUT2D eigenvalue weighted by Crippen LogP contribution is 2.41. The van der Waals surface area contributed by atoms with Crippen LogP contribution in [0.3, 0.4) is 0 Å². The molecule has 140 valence electrons. The molecule has 4 rings (SSSR count). The van der Waals surface area contributed by atoms with E-state index in [9.17, 15) is 4.79 Å². The van der Waals surface area contributed by atoms with E-state index in [0.29, 0.717) is 22.9 Å². The monoisotopic (exact) mass is 377 g/mol. The summed E-state index contributed by atoms with van der Waals surface area (Å²) in [6.07, 6.45) is 0.828. The minimum atomic E-state index is -0.566. The lowest BCUT2D eigenvalue weighted by molar-refractivity contribution is 0.00578. The highest BCUT2D eigenvalue weighted by atomic mass is 35.5. The largest absolute Gasteiger partial charge is 0.495 e. The lowest BCUT2D eigenvalue weighted by Crippen LogP contribution is -2.41. The smallest absolute Gasteiger partial charge is 0.486 e. The standard InChI is InChI=1S/C19H25BClNO4/c1-10-7-12-9-22(10)17(23)13-8-14(11(2)15(21)16(13)24-12)20-25-18(3,4)19(5,6)26-20/h8,10,12H,7,9H2,1-6H3/t10-,12?/m0/s1. The second-order valence-electron chi connectivity index (χ2n) is 8.65. The highest BCUT2D eigenvalue weighted by Gasteiger charge is 2.52. The molecule has 7 heteroatoms. The summed E-state index contributed by atoms with van der Waals surface area (Å²) in [5, 5.41) is 0.474. The van der Waals surface area contributed by atoms with Gasteiger partial charge in [0.1, 0.15) is 6.10 Å². The zero-order chi connectivity index (χ0) is 19.0. The summed E-state index contributed by atoms with van der Waals surface area (Å²) in [5.41, 5.74) is 1.20. The average Bonchev–Trinajstić information content (AvgIpc) is 2.94. The van der Waals surface area contributed by atoms with Crippen LogP contribution in [0.2, 0.25) is 5.02 Å². The Hall–Kier alpha value is -1.24. The molecule has 5 nitrogen and oxygen atoms in total. The Balaban J connectivity index is 1.81. The van der Waals surface area contributed by atoms with Gasteiger partial charge in [0.15, 0.2) is 5.75 Å². The zero-order valence-corrected chi connectivity index (χ0v) is 16.9. The number of benzene rings is 1. The quantitative estimate of drug-likeness (QED) is 0.706. The zero-order valence-electron chi connectivity index (χ0n) is 16.2. The van der Waals surface area contributed by atoms with E-state index in [0.717, 1.165) is 17.4 Å². The third-order valence-electron chi connectivity index (χ3n) is 6.33. The van der Waals surface area contributed by atoms with Crippen LogP contribution in [0.4, 0.5) is 0 Å². The van der Waals surface area contributed by atoms with E-state index in [4.69, 9.17) is 25.6 Å². The number of ether oxygens (including phenoxy) is 1. The summed E-state index contributed by atoms with van der Waals surface area (Å²) in [4.78, 5) is 15.0. The van der Waals surface area contributed by atoms with Crippen molar-refractivity contribution in [3.05, 3.63) is 22.2 Å². The fourth-order valence-electron chi connectivity index (χ4n) is 3.90. The number of amides is 1. The third-order valence-corrected chi connectivity index (χ3v) is 6.78. The van der Waals surface area contributed by atoms with E-state index in [-0.39, 0.29) is 18.1 Å². The second-order valence-corrected chi connectivity index (χ2v) is 9.03. The molecule has 0 radical (unpaired) electrons. The summed E-state index contributed by atoms with van der Waals surface area (Å²) < 4.78 is 18.5. The van der Waals surface area contributed by atoms with Gasteiger partial charge in [0.2, 0.25) is 0 Å². The maximum absolute atomic E-state index is 13.1. The van der Waals surface area contributed by atoms with E-state index < -0.39 is 18.3 Å². The molecule has 0 N–H and O–H groups in total. The Bertz CT molecular complexity index is 778. The Kier molecular flexibility index (Phi) is 3.93. The summed E-state index contributed by atoms with van der Waals surface area (Å²) in [7, 11) is -0.566. The summed E-state index contributed by atoms with van der Waals surface area (Å²) in [6, 6.07) is 2.01. The molecule has 26 heavy (non-hydrogen) atoms. The van der Waals surface area contributed by atoms with Crippen LogP contribution in [0.25, 0.3) is 0 Å². The van der Waals surface area contributed by atoms with Gasteiger partial charge < -0.3 is 18.9 Å². The fourth-order valence-corrected chi connectivity index (χ4v) is 4.16. The maximum Gasteiger partial charge on any atom is 0.495 e. The number of carbonyl (C=O) groups excluding carboxylic acids is 1. The van der Waals surface area contributed by atoms with Crippen LogP contribution in [0.15, 0.2) is 6.07 Å². The van der Waals surface area contributed by atoms with Crippen LogP contribution in [0.1, 0.15) is 57.0 Å². The van der Waals surface area contributed by atoms with Crippen LogP contribution in [0.5, 0.6) is 5.75 Å².